The van der Waals surface area contributed by atoms with Crippen molar-refractivity contribution >= 4 is 5.91 Å². The lowest BCUT2D eigenvalue weighted by atomic mass is 10.0. The Bertz CT molecular complexity index is 511. The van der Waals surface area contributed by atoms with Gasteiger partial charge in [-0.25, -0.2) is 4.39 Å². The van der Waals surface area contributed by atoms with Crippen molar-refractivity contribution in [3.8, 4) is 0 Å². The highest BCUT2D eigenvalue weighted by Crippen LogP contribution is 2.26. The molecule has 3 rings (SSSR count). The number of nitrogens with one attached hydrogen (secondary N) is 1. The summed E-state index contributed by atoms with van der Waals surface area (Å²) >= 11 is 0. The predicted molar refractivity (Wildman–Crippen MR) is 76.2 cm³/mol. The monoisotopic (exact) mass is 276 g/mol. The summed E-state index contributed by atoms with van der Waals surface area (Å²) in [6.45, 7) is 3.57. The Kier molecular flexibility index (Phi) is 3.74. The summed E-state index contributed by atoms with van der Waals surface area (Å²) in [4.78, 5) is 14.6. The molecule has 108 valence electrons. The molecule has 2 unspecified atom stereocenters. The second kappa shape index (κ2) is 5.52. The summed E-state index contributed by atoms with van der Waals surface area (Å²) in [6.07, 6.45) is 4.48. The first-order chi connectivity index (χ1) is 9.66. The molecule has 0 radical (unpaired) electrons. The minimum Gasteiger partial charge on any atom is -0.334 e. The number of nitrogens with zero attached hydrogens (tertiary/aromatic N) is 1. The zero-order chi connectivity index (χ0) is 14.1. The molecule has 0 aromatic heterocycles. The van der Waals surface area contributed by atoms with E-state index in [0.29, 0.717) is 23.2 Å². The highest BCUT2D eigenvalue weighted by molar-refractivity contribution is 5.94. The molecule has 2 heterocycles. The van der Waals surface area contributed by atoms with Crippen LogP contribution in [-0.2, 0) is 0 Å². The third kappa shape index (κ3) is 2.44. The SMILES string of the molecule is Cc1cc(C(=O)N2CCCC2C2CCCN2)ccc1F. The molecule has 2 aliphatic rings. The molecule has 2 atom stereocenters. The highest BCUT2D eigenvalue weighted by Gasteiger charge is 2.36. The molecule has 3 nitrogen and oxygen atoms in total. The van der Waals surface area contributed by atoms with Crippen LogP contribution in [0.1, 0.15) is 41.6 Å². The lowest BCUT2D eigenvalue weighted by Crippen LogP contribution is -2.46. The van der Waals surface area contributed by atoms with Crippen LogP contribution < -0.4 is 5.32 Å². The van der Waals surface area contributed by atoms with Gasteiger partial charge < -0.3 is 10.2 Å². The van der Waals surface area contributed by atoms with Crippen molar-refractivity contribution in [3.63, 3.8) is 0 Å². The van der Waals surface area contributed by atoms with Gasteiger partial charge in [0.25, 0.3) is 5.91 Å². The van der Waals surface area contributed by atoms with Gasteiger partial charge >= 0.3 is 0 Å². The standard InChI is InChI=1S/C16H21FN2O/c1-11-10-12(6-7-13(11)17)16(20)19-9-3-5-15(19)14-4-2-8-18-14/h6-7,10,14-15,18H,2-5,8-9H2,1H3. The Morgan fingerprint density at radius 1 is 1.35 bits per heavy atom. The zero-order valence-electron chi connectivity index (χ0n) is 11.9. The normalized spacial score (nSPS) is 26.2. The van der Waals surface area contributed by atoms with Gasteiger partial charge in [-0.15, -0.1) is 0 Å². The lowest BCUT2D eigenvalue weighted by Gasteiger charge is -2.29. The number of hydrogen-bond acceptors (Lipinski definition) is 2. The first-order valence-corrected chi connectivity index (χ1v) is 7.47. The van der Waals surface area contributed by atoms with E-state index < -0.39 is 0 Å². The van der Waals surface area contributed by atoms with Gasteiger partial charge in [-0.05, 0) is 62.9 Å². The predicted octanol–water partition coefficient (Wildman–Crippen LogP) is 2.49. The Balaban J connectivity index is 1.79. The molecule has 2 saturated heterocycles. The van der Waals surface area contributed by atoms with Gasteiger partial charge in [-0.3, -0.25) is 4.79 Å². The zero-order valence-corrected chi connectivity index (χ0v) is 11.9. The van der Waals surface area contributed by atoms with E-state index >= 15 is 0 Å². The van der Waals surface area contributed by atoms with Crippen LogP contribution in [-0.4, -0.2) is 36.0 Å². The molecule has 2 aliphatic heterocycles. The molecular weight excluding hydrogens is 255 g/mol. The van der Waals surface area contributed by atoms with E-state index in [2.05, 4.69) is 5.32 Å². The van der Waals surface area contributed by atoms with Gasteiger partial charge in [0, 0.05) is 24.2 Å². The summed E-state index contributed by atoms with van der Waals surface area (Å²) in [6, 6.07) is 5.39. The van der Waals surface area contributed by atoms with E-state index in [0.717, 1.165) is 32.4 Å². The highest BCUT2D eigenvalue weighted by atomic mass is 19.1. The molecule has 1 N–H and O–H groups in total. The number of halogens is 1. The van der Waals surface area contributed by atoms with E-state index in [9.17, 15) is 9.18 Å². The summed E-state index contributed by atoms with van der Waals surface area (Å²) in [5.74, 6) is -0.207. The van der Waals surface area contributed by atoms with Crippen molar-refractivity contribution in [2.45, 2.75) is 44.7 Å². The largest absolute Gasteiger partial charge is 0.334 e. The maximum absolute atomic E-state index is 13.3. The number of rotatable bonds is 2. The van der Waals surface area contributed by atoms with E-state index in [-0.39, 0.29) is 11.7 Å². The second-order valence-electron chi connectivity index (χ2n) is 5.87. The van der Waals surface area contributed by atoms with Gasteiger partial charge in [0.15, 0.2) is 0 Å². The maximum Gasteiger partial charge on any atom is 0.254 e. The average molecular weight is 276 g/mol. The van der Waals surface area contributed by atoms with E-state index in [1.165, 1.54) is 12.5 Å². The van der Waals surface area contributed by atoms with E-state index in [4.69, 9.17) is 0 Å². The number of aryl methyl sites for hydroxylation is 1. The molecule has 0 aliphatic carbocycles. The minimum atomic E-state index is -0.253. The third-order valence-electron chi connectivity index (χ3n) is 4.53. The summed E-state index contributed by atoms with van der Waals surface area (Å²) in [5, 5.41) is 3.50. The quantitative estimate of drug-likeness (QED) is 0.900. The van der Waals surface area contributed by atoms with Crippen molar-refractivity contribution in [2.24, 2.45) is 0 Å². The fraction of sp³-hybridized carbons (Fsp3) is 0.562. The second-order valence-corrected chi connectivity index (χ2v) is 5.87. The van der Waals surface area contributed by atoms with Crippen molar-refractivity contribution in [2.75, 3.05) is 13.1 Å². The van der Waals surface area contributed by atoms with Gasteiger partial charge in [-0.1, -0.05) is 0 Å². The number of carbonyl (C=O) groups is 1. The molecule has 1 aromatic rings. The molecule has 0 saturated carbocycles. The topological polar surface area (TPSA) is 32.3 Å². The molecule has 0 spiro atoms. The summed E-state index contributed by atoms with van der Waals surface area (Å²) in [7, 11) is 0. The lowest BCUT2D eigenvalue weighted by molar-refractivity contribution is 0.0711. The van der Waals surface area contributed by atoms with Crippen molar-refractivity contribution in [1.29, 1.82) is 0 Å². The molecule has 20 heavy (non-hydrogen) atoms. The Morgan fingerprint density at radius 3 is 2.90 bits per heavy atom. The van der Waals surface area contributed by atoms with Gasteiger partial charge in [0.2, 0.25) is 0 Å². The van der Waals surface area contributed by atoms with E-state index in [1.807, 2.05) is 4.90 Å². The Hall–Kier alpha value is -1.42. The molecule has 0 bridgehead atoms. The smallest absolute Gasteiger partial charge is 0.254 e. The fourth-order valence-corrected chi connectivity index (χ4v) is 3.45. The number of benzene rings is 1. The van der Waals surface area contributed by atoms with Crippen LogP contribution in [0.15, 0.2) is 18.2 Å². The van der Waals surface area contributed by atoms with Crippen LogP contribution in [0.4, 0.5) is 4.39 Å². The van der Waals surface area contributed by atoms with Crippen LogP contribution in [0.3, 0.4) is 0 Å². The Morgan fingerprint density at radius 2 is 2.20 bits per heavy atom. The molecular formula is C16H21FN2O. The van der Waals surface area contributed by atoms with Crippen molar-refractivity contribution in [3.05, 3.63) is 35.1 Å². The van der Waals surface area contributed by atoms with Gasteiger partial charge in [-0.2, -0.15) is 0 Å². The first kappa shape index (κ1) is 13.6. The summed E-state index contributed by atoms with van der Waals surface area (Å²) < 4.78 is 13.3. The van der Waals surface area contributed by atoms with Crippen LogP contribution >= 0.6 is 0 Å². The Labute approximate surface area is 119 Å². The number of amides is 1. The van der Waals surface area contributed by atoms with Gasteiger partial charge in [0.1, 0.15) is 5.82 Å². The average Bonchev–Trinajstić information content (AvgIpc) is 3.10. The van der Waals surface area contributed by atoms with Crippen molar-refractivity contribution in [1.82, 2.24) is 10.2 Å². The van der Waals surface area contributed by atoms with E-state index in [1.54, 1.807) is 19.1 Å². The van der Waals surface area contributed by atoms with Crippen LogP contribution in [0.2, 0.25) is 0 Å². The minimum absolute atomic E-state index is 0.0456. The van der Waals surface area contributed by atoms with Gasteiger partial charge in [0.05, 0.1) is 0 Å². The van der Waals surface area contributed by atoms with Crippen molar-refractivity contribution < 1.29 is 9.18 Å². The molecule has 4 heteroatoms. The fourth-order valence-electron chi connectivity index (χ4n) is 3.45. The number of carbonyl (C=O) groups excluding carboxylic acids is 1. The number of likely N-dealkylation sites (tertiary alicyclic amines) is 1. The maximum atomic E-state index is 13.3. The van der Waals surface area contributed by atoms with Crippen LogP contribution in [0, 0.1) is 12.7 Å². The van der Waals surface area contributed by atoms with Crippen LogP contribution in [0.25, 0.3) is 0 Å². The molecule has 1 aromatic carbocycles. The molecule has 2 fully saturated rings. The summed E-state index contributed by atoms with van der Waals surface area (Å²) in [5.41, 5.74) is 1.14. The third-order valence-corrected chi connectivity index (χ3v) is 4.53. The number of hydrogen-bond donors (Lipinski definition) is 1. The van der Waals surface area contributed by atoms with Crippen LogP contribution in [0.5, 0.6) is 0 Å². The first-order valence-electron chi connectivity index (χ1n) is 7.47. The molecule has 1 amide bonds.